The van der Waals surface area contributed by atoms with Crippen LogP contribution >= 0.6 is 23.2 Å². The number of carbonyl (C=O) groups excluding carboxylic acids is 1. The van der Waals surface area contributed by atoms with Crippen LogP contribution in [0.5, 0.6) is 5.75 Å². The Morgan fingerprint density at radius 1 is 0.941 bits per heavy atom. The smallest absolute Gasteiger partial charge is 0.410 e. The molecular weight excluding hydrogens is 481 g/mol. The summed E-state index contributed by atoms with van der Waals surface area (Å²) in [5.74, 6) is -1.41. The number of ether oxygens (including phenoxy) is 1. The second kappa shape index (κ2) is 10.0. The first-order chi connectivity index (χ1) is 16.3. The molecule has 1 aromatic heterocycles. The van der Waals surface area contributed by atoms with Crippen molar-refractivity contribution in [1.82, 2.24) is 9.47 Å². The number of halogens is 4. The molecule has 4 nitrogen and oxygen atoms in total. The molecule has 0 radical (unpaired) electrons. The summed E-state index contributed by atoms with van der Waals surface area (Å²) in [5, 5.41) is 1.69. The summed E-state index contributed by atoms with van der Waals surface area (Å²) in [6.07, 6.45) is 1.39. The van der Waals surface area contributed by atoms with E-state index in [0.29, 0.717) is 52.1 Å². The van der Waals surface area contributed by atoms with Crippen LogP contribution in [0.15, 0.2) is 60.8 Å². The van der Waals surface area contributed by atoms with E-state index in [9.17, 15) is 13.6 Å². The van der Waals surface area contributed by atoms with Crippen LogP contribution in [0.3, 0.4) is 0 Å². The van der Waals surface area contributed by atoms with E-state index >= 15 is 0 Å². The maximum atomic E-state index is 13.7. The van der Waals surface area contributed by atoms with Gasteiger partial charge in [0.25, 0.3) is 0 Å². The van der Waals surface area contributed by atoms with Crippen LogP contribution in [0.2, 0.25) is 10.0 Å². The SMILES string of the molecule is CCN(CC)C(=O)Oc1ccc2c(ccn2Cc2ccc(F)c(F)c2)c1-c1cc(Cl)cc(Cl)c1. The van der Waals surface area contributed by atoms with Gasteiger partial charge in [0.05, 0.1) is 0 Å². The summed E-state index contributed by atoms with van der Waals surface area (Å²) in [7, 11) is 0. The summed E-state index contributed by atoms with van der Waals surface area (Å²) in [6.45, 7) is 5.12. The Hall–Kier alpha value is -3.09. The zero-order valence-corrected chi connectivity index (χ0v) is 20.1. The largest absolute Gasteiger partial charge is 0.415 e. The van der Waals surface area contributed by atoms with E-state index < -0.39 is 17.7 Å². The second-order valence-corrected chi connectivity index (χ2v) is 8.63. The maximum Gasteiger partial charge on any atom is 0.415 e. The Balaban J connectivity index is 1.84. The number of carbonyl (C=O) groups is 1. The molecule has 4 aromatic rings. The van der Waals surface area contributed by atoms with Gasteiger partial charge in [0, 0.05) is 52.3 Å². The topological polar surface area (TPSA) is 34.5 Å². The standard InChI is InChI=1S/C26H22Cl2F2N2O2/c1-3-31(4-2)26(33)34-24-8-7-23-20(25(24)17-12-18(27)14-19(28)13-17)9-10-32(23)15-16-5-6-21(29)22(30)11-16/h5-14H,3-4,15H2,1-2H3. The maximum absolute atomic E-state index is 13.7. The van der Waals surface area contributed by atoms with Gasteiger partial charge in [-0.15, -0.1) is 0 Å². The van der Waals surface area contributed by atoms with Crippen LogP contribution in [0.25, 0.3) is 22.0 Å². The Morgan fingerprint density at radius 2 is 1.65 bits per heavy atom. The molecule has 0 bridgehead atoms. The average Bonchev–Trinajstić information content (AvgIpc) is 3.19. The first-order valence-corrected chi connectivity index (χ1v) is 11.5. The van der Waals surface area contributed by atoms with Crippen LogP contribution in [-0.4, -0.2) is 28.6 Å². The molecule has 0 fully saturated rings. The number of amides is 1. The number of fused-ring (bicyclic) bond motifs is 1. The fraction of sp³-hybridized carbons (Fsp3) is 0.192. The Labute approximate surface area is 206 Å². The van der Waals surface area contributed by atoms with Crippen LogP contribution < -0.4 is 4.74 Å². The highest BCUT2D eigenvalue weighted by atomic mass is 35.5. The van der Waals surface area contributed by atoms with Crippen molar-refractivity contribution in [3.8, 4) is 16.9 Å². The van der Waals surface area contributed by atoms with Crippen molar-refractivity contribution in [3.05, 3.63) is 88.0 Å². The molecule has 1 amide bonds. The van der Waals surface area contributed by atoms with Crippen molar-refractivity contribution in [2.24, 2.45) is 0 Å². The lowest BCUT2D eigenvalue weighted by atomic mass is 10.0. The highest BCUT2D eigenvalue weighted by molar-refractivity contribution is 6.35. The molecule has 0 aliphatic heterocycles. The number of benzene rings is 3. The second-order valence-electron chi connectivity index (χ2n) is 7.76. The van der Waals surface area contributed by atoms with Crippen molar-refractivity contribution in [2.75, 3.05) is 13.1 Å². The van der Waals surface area contributed by atoms with E-state index in [4.69, 9.17) is 27.9 Å². The lowest BCUT2D eigenvalue weighted by Gasteiger charge is -2.20. The summed E-state index contributed by atoms with van der Waals surface area (Å²) >= 11 is 12.5. The summed E-state index contributed by atoms with van der Waals surface area (Å²) in [5.41, 5.74) is 2.78. The zero-order chi connectivity index (χ0) is 24.4. The van der Waals surface area contributed by atoms with E-state index in [0.717, 1.165) is 17.0 Å². The molecule has 4 rings (SSSR count). The van der Waals surface area contributed by atoms with Gasteiger partial charge < -0.3 is 14.2 Å². The summed E-state index contributed by atoms with van der Waals surface area (Å²) in [6, 6.07) is 14.4. The lowest BCUT2D eigenvalue weighted by Crippen LogP contribution is -2.33. The molecule has 3 aromatic carbocycles. The monoisotopic (exact) mass is 502 g/mol. The molecule has 176 valence electrons. The summed E-state index contributed by atoms with van der Waals surface area (Å²) in [4.78, 5) is 14.3. The fourth-order valence-corrected chi connectivity index (χ4v) is 4.47. The van der Waals surface area contributed by atoms with Gasteiger partial charge in [0.2, 0.25) is 0 Å². The number of nitrogens with zero attached hydrogens (tertiary/aromatic N) is 2. The van der Waals surface area contributed by atoms with Crippen molar-refractivity contribution in [1.29, 1.82) is 0 Å². The third kappa shape index (κ3) is 4.88. The molecule has 0 aliphatic rings. The third-order valence-electron chi connectivity index (χ3n) is 5.62. The lowest BCUT2D eigenvalue weighted by molar-refractivity contribution is 0.157. The third-order valence-corrected chi connectivity index (χ3v) is 6.06. The Morgan fingerprint density at radius 3 is 2.29 bits per heavy atom. The van der Waals surface area contributed by atoms with Gasteiger partial charge >= 0.3 is 6.09 Å². The van der Waals surface area contributed by atoms with Gasteiger partial charge in [-0.05, 0) is 73.5 Å². The molecule has 0 unspecified atom stereocenters. The van der Waals surface area contributed by atoms with Crippen LogP contribution in [0.1, 0.15) is 19.4 Å². The number of hydrogen-bond acceptors (Lipinski definition) is 2. The van der Waals surface area contributed by atoms with Gasteiger partial charge in [0.1, 0.15) is 5.75 Å². The zero-order valence-electron chi connectivity index (χ0n) is 18.6. The van der Waals surface area contributed by atoms with Gasteiger partial charge in [-0.2, -0.15) is 0 Å². The average molecular weight is 503 g/mol. The summed E-state index contributed by atoms with van der Waals surface area (Å²) < 4.78 is 34.8. The predicted octanol–water partition coefficient (Wildman–Crippen LogP) is 7.78. The van der Waals surface area contributed by atoms with Gasteiger partial charge in [0.15, 0.2) is 11.6 Å². The number of aromatic nitrogens is 1. The van der Waals surface area contributed by atoms with E-state index in [-0.39, 0.29) is 0 Å². The normalized spacial score (nSPS) is 11.1. The van der Waals surface area contributed by atoms with Gasteiger partial charge in [-0.25, -0.2) is 13.6 Å². The van der Waals surface area contributed by atoms with E-state index in [1.165, 1.54) is 6.07 Å². The van der Waals surface area contributed by atoms with Crippen molar-refractivity contribution >= 4 is 40.2 Å². The number of hydrogen-bond donors (Lipinski definition) is 0. The van der Waals surface area contributed by atoms with Crippen molar-refractivity contribution in [2.45, 2.75) is 20.4 Å². The molecule has 0 aliphatic carbocycles. The quantitative estimate of drug-likeness (QED) is 0.269. The van der Waals surface area contributed by atoms with E-state index in [2.05, 4.69) is 0 Å². The molecule has 1 heterocycles. The van der Waals surface area contributed by atoms with Crippen LogP contribution in [0, 0.1) is 11.6 Å². The Kier molecular flexibility index (Phi) is 7.10. The molecule has 0 atom stereocenters. The predicted molar refractivity (Wildman–Crippen MR) is 132 cm³/mol. The van der Waals surface area contributed by atoms with Gasteiger partial charge in [-0.1, -0.05) is 29.3 Å². The van der Waals surface area contributed by atoms with Crippen molar-refractivity contribution in [3.63, 3.8) is 0 Å². The van der Waals surface area contributed by atoms with E-state index in [1.807, 2.05) is 36.7 Å². The minimum absolute atomic E-state index is 0.328. The highest BCUT2D eigenvalue weighted by Gasteiger charge is 2.20. The minimum Gasteiger partial charge on any atom is -0.410 e. The molecule has 0 saturated heterocycles. The minimum atomic E-state index is -0.895. The van der Waals surface area contributed by atoms with Crippen LogP contribution in [0.4, 0.5) is 13.6 Å². The Bertz CT molecular complexity index is 1350. The first kappa shape index (κ1) is 24.0. The number of rotatable bonds is 6. The van der Waals surface area contributed by atoms with Gasteiger partial charge in [-0.3, -0.25) is 0 Å². The molecule has 0 spiro atoms. The van der Waals surface area contributed by atoms with E-state index in [1.54, 1.807) is 35.2 Å². The molecular formula is C26H22Cl2F2N2O2. The van der Waals surface area contributed by atoms with Crippen molar-refractivity contribution < 1.29 is 18.3 Å². The first-order valence-electron chi connectivity index (χ1n) is 10.8. The molecule has 34 heavy (non-hydrogen) atoms. The highest BCUT2D eigenvalue weighted by Crippen LogP contribution is 2.40. The fourth-order valence-electron chi connectivity index (χ4n) is 3.95. The molecule has 0 saturated carbocycles. The van der Waals surface area contributed by atoms with Crippen LogP contribution in [-0.2, 0) is 6.54 Å². The molecule has 8 heteroatoms. The molecule has 0 N–H and O–H groups in total.